The number of nitrogens with zero attached hydrogens (tertiary/aromatic N) is 3. The van der Waals surface area contributed by atoms with Gasteiger partial charge in [-0.05, 0) is 37.1 Å². The molecular formula is C33H39N5O3. The maximum absolute atomic E-state index is 13.4. The van der Waals surface area contributed by atoms with Crippen molar-refractivity contribution in [3.8, 4) is 11.4 Å². The van der Waals surface area contributed by atoms with Crippen LogP contribution in [0.3, 0.4) is 0 Å². The first kappa shape index (κ1) is 27.3. The lowest BCUT2D eigenvalue weighted by molar-refractivity contribution is 0.0323. The Morgan fingerprint density at radius 2 is 1.66 bits per heavy atom. The van der Waals surface area contributed by atoms with Crippen molar-refractivity contribution in [2.24, 2.45) is 0 Å². The summed E-state index contributed by atoms with van der Waals surface area (Å²) in [5, 5.41) is 13.1. The molecule has 2 aliphatic rings. The molecule has 4 aromatic rings. The number of aromatic nitrogens is 2. The van der Waals surface area contributed by atoms with Gasteiger partial charge in [-0.15, -0.1) is 0 Å². The Balaban J connectivity index is 1.20. The number of urea groups is 1. The zero-order chi connectivity index (χ0) is 28.1. The van der Waals surface area contributed by atoms with E-state index in [0.717, 1.165) is 79.3 Å². The largest absolute Gasteiger partial charge is 0.492 e. The molecular weight excluding hydrogens is 514 g/mol. The summed E-state index contributed by atoms with van der Waals surface area (Å²) in [5.41, 5.74) is 2.68. The third kappa shape index (κ3) is 6.24. The average molecular weight is 554 g/mol. The Labute approximate surface area is 241 Å². The quantitative estimate of drug-likeness (QED) is 0.257. The monoisotopic (exact) mass is 553 g/mol. The zero-order valence-corrected chi connectivity index (χ0v) is 23.8. The lowest BCUT2D eigenvalue weighted by Gasteiger charge is -2.31. The highest BCUT2D eigenvalue weighted by atomic mass is 16.5. The van der Waals surface area contributed by atoms with E-state index in [2.05, 4.69) is 22.5 Å². The Morgan fingerprint density at radius 3 is 2.44 bits per heavy atom. The Morgan fingerprint density at radius 1 is 0.927 bits per heavy atom. The summed E-state index contributed by atoms with van der Waals surface area (Å²) in [7, 11) is 0. The topological polar surface area (TPSA) is 80.6 Å². The Hall–Kier alpha value is -3.88. The molecule has 0 bridgehead atoms. The normalized spacial score (nSPS) is 17.3. The van der Waals surface area contributed by atoms with Gasteiger partial charge in [-0.3, -0.25) is 10.2 Å². The van der Waals surface area contributed by atoms with Crippen LogP contribution in [0.2, 0.25) is 0 Å². The van der Waals surface area contributed by atoms with Gasteiger partial charge in [0.05, 0.1) is 30.3 Å². The first-order valence-corrected chi connectivity index (χ1v) is 14.8. The van der Waals surface area contributed by atoms with Crippen LogP contribution in [0.25, 0.3) is 16.5 Å². The van der Waals surface area contributed by atoms with Gasteiger partial charge in [-0.25, -0.2) is 9.48 Å². The van der Waals surface area contributed by atoms with E-state index in [-0.39, 0.29) is 11.4 Å². The van der Waals surface area contributed by atoms with E-state index in [9.17, 15) is 4.79 Å². The first-order valence-electron chi connectivity index (χ1n) is 14.8. The Bertz CT molecular complexity index is 1470. The summed E-state index contributed by atoms with van der Waals surface area (Å²) < 4.78 is 13.5. The van der Waals surface area contributed by atoms with Crippen molar-refractivity contribution in [1.82, 2.24) is 14.7 Å². The second-order valence-electron chi connectivity index (χ2n) is 11.3. The number of morpholine rings is 1. The van der Waals surface area contributed by atoms with Crippen LogP contribution in [0.4, 0.5) is 16.3 Å². The van der Waals surface area contributed by atoms with E-state index in [0.29, 0.717) is 12.4 Å². The van der Waals surface area contributed by atoms with Crippen LogP contribution >= 0.6 is 0 Å². The number of benzene rings is 3. The van der Waals surface area contributed by atoms with Crippen molar-refractivity contribution >= 4 is 28.3 Å². The van der Waals surface area contributed by atoms with Crippen molar-refractivity contribution in [2.75, 3.05) is 50.1 Å². The molecule has 1 saturated heterocycles. The van der Waals surface area contributed by atoms with Crippen LogP contribution in [-0.4, -0.2) is 60.2 Å². The fourth-order valence-electron chi connectivity index (χ4n) is 6.00. The zero-order valence-electron chi connectivity index (χ0n) is 23.8. The van der Waals surface area contributed by atoms with Crippen molar-refractivity contribution in [1.29, 1.82) is 0 Å². The SMILES string of the molecule is CC1(c2cc(NC(=O)Nc3ccc(OCCN4CCOCC4)c4ccccc34)n(-c3ccccc3)n2)CCCCC1. The average Bonchev–Trinajstić information content (AvgIpc) is 3.44. The number of amides is 2. The van der Waals surface area contributed by atoms with Gasteiger partial charge in [-0.2, -0.15) is 5.10 Å². The van der Waals surface area contributed by atoms with E-state index >= 15 is 0 Å². The van der Waals surface area contributed by atoms with Gasteiger partial charge < -0.3 is 14.8 Å². The maximum Gasteiger partial charge on any atom is 0.324 e. The number of carbonyl (C=O) groups excluding carboxylic acids is 1. The highest BCUT2D eigenvalue weighted by Gasteiger charge is 2.32. The van der Waals surface area contributed by atoms with Gasteiger partial charge in [0.25, 0.3) is 0 Å². The van der Waals surface area contributed by atoms with E-state index in [1.54, 1.807) is 0 Å². The molecule has 2 heterocycles. The van der Waals surface area contributed by atoms with Gasteiger partial charge in [0.15, 0.2) is 0 Å². The van der Waals surface area contributed by atoms with E-state index in [1.165, 1.54) is 19.3 Å². The molecule has 6 rings (SSSR count). The van der Waals surface area contributed by atoms with E-state index in [4.69, 9.17) is 14.6 Å². The highest BCUT2D eigenvalue weighted by molar-refractivity contribution is 6.07. The maximum atomic E-state index is 13.4. The standard InChI is InChI=1S/C33H39N5O3/c1-33(16-8-3-9-17-33)30-24-31(38(36-30)25-10-4-2-5-11-25)35-32(39)34-28-14-15-29(27-13-7-6-12-26(27)28)41-23-20-37-18-21-40-22-19-37/h2,4-7,10-15,24H,3,8-9,16-23H2,1H3,(H2,34,35,39). The van der Waals surface area contributed by atoms with Gasteiger partial charge in [0.2, 0.25) is 0 Å². The molecule has 3 aromatic carbocycles. The van der Waals surface area contributed by atoms with Crippen molar-refractivity contribution in [3.63, 3.8) is 0 Å². The Kier molecular flexibility index (Phi) is 8.21. The molecule has 0 spiro atoms. The molecule has 2 N–H and O–H groups in total. The number of ether oxygens (including phenoxy) is 2. The molecule has 2 amide bonds. The molecule has 1 saturated carbocycles. The number of hydrogen-bond donors (Lipinski definition) is 2. The number of para-hydroxylation sites is 1. The van der Waals surface area contributed by atoms with Crippen LogP contribution < -0.4 is 15.4 Å². The highest BCUT2D eigenvalue weighted by Crippen LogP contribution is 2.39. The van der Waals surface area contributed by atoms with Crippen LogP contribution in [-0.2, 0) is 10.2 Å². The second-order valence-corrected chi connectivity index (χ2v) is 11.3. The van der Waals surface area contributed by atoms with Crippen LogP contribution in [0.15, 0.2) is 72.8 Å². The van der Waals surface area contributed by atoms with E-state index in [1.807, 2.05) is 77.5 Å². The number of carbonyl (C=O) groups is 1. The minimum atomic E-state index is -0.312. The summed E-state index contributed by atoms with van der Waals surface area (Å²) >= 11 is 0. The summed E-state index contributed by atoms with van der Waals surface area (Å²) in [5.74, 6) is 1.47. The first-order chi connectivity index (χ1) is 20.1. The van der Waals surface area contributed by atoms with E-state index < -0.39 is 0 Å². The molecule has 8 heteroatoms. The molecule has 0 unspecified atom stereocenters. The molecule has 214 valence electrons. The fraction of sp³-hybridized carbons (Fsp3) is 0.394. The van der Waals surface area contributed by atoms with Crippen LogP contribution in [0.5, 0.6) is 5.75 Å². The number of nitrogens with one attached hydrogen (secondary N) is 2. The third-order valence-electron chi connectivity index (χ3n) is 8.43. The molecule has 41 heavy (non-hydrogen) atoms. The van der Waals surface area contributed by atoms with Crippen molar-refractivity contribution in [2.45, 2.75) is 44.4 Å². The van der Waals surface area contributed by atoms with Crippen LogP contribution in [0, 0.1) is 0 Å². The number of anilines is 2. The van der Waals surface area contributed by atoms with Crippen molar-refractivity contribution < 1.29 is 14.3 Å². The molecule has 1 aromatic heterocycles. The number of fused-ring (bicyclic) bond motifs is 1. The lowest BCUT2D eigenvalue weighted by atomic mass is 9.73. The predicted molar refractivity (Wildman–Crippen MR) is 163 cm³/mol. The third-order valence-corrected chi connectivity index (χ3v) is 8.43. The lowest BCUT2D eigenvalue weighted by Crippen LogP contribution is -2.38. The predicted octanol–water partition coefficient (Wildman–Crippen LogP) is 6.60. The number of hydrogen-bond acceptors (Lipinski definition) is 5. The smallest absolute Gasteiger partial charge is 0.324 e. The van der Waals surface area contributed by atoms with Crippen LogP contribution in [0.1, 0.15) is 44.7 Å². The minimum Gasteiger partial charge on any atom is -0.492 e. The number of rotatable bonds is 8. The summed E-state index contributed by atoms with van der Waals surface area (Å²) in [6, 6.07) is 23.6. The molecule has 8 nitrogen and oxygen atoms in total. The van der Waals surface area contributed by atoms with Gasteiger partial charge in [0.1, 0.15) is 18.2 Å². The van der Waals surface area contributed by atoms with Gasteiger partial charge in [0, 0.05) is 41.9 Å². The summed E-state index contributed by atoms with van der Waals surface area (Å²) in [6.07, 6.45) is 5.90. The van der Waals surface area contributed by atoms with Gasteiger partial charge in [-0.1, -0.05) is 68.7 Å². The molecule has 1 aliphatic heterocycles. The second kappa shape index (κ2) is 12.3. The van der Waals surface area contributed by atoms with Crippen molar-refractivity contribution in [3.05, 3.63) is 78.5 Å². The minimum absolute atomic E-state index is 0.0129. The fourth-order valence-corrected chi connectivity index (χ4v) is 6.00. The molecule has 2 fully saturated rings. The molecule has 0 atom stereocenters. The summed E-state index contributed by atoms with van der Waals surface area (Å²) in [4.78, 5) is 15.7. The summed E-state index contributed by atoms with van der Waals surface area (Å²) in [6.45, 7) is 7.18. The molecule has 1 aliphatic carbocycles. The molecule has 0 radical (unpaired) electrons. The van der Waals surface area contributed by atoms with Gasteiger partial charge >= 0.3 is 6.03 Å².